The highest BCUT2D eigenvalue weighted by Crippen LogP contribution is 2.19. The Bertz CT molecular complexity index is 988. The van der Waals surface area contributed by atoms with Crippen LogP contribution < -0.4 is 15.4 Å². The van der Waals surface area contributed by atoms with Crippen LogP contribution in [0.1, 0.15) is 25.8 Å². The second-order valence-corrected chi connectivity index (χ2v) is 6.81. The van der Waals surface area contributed by atoms with Crippen molar-refractivity contribution in [3.63, 3.8) is 0 Å². The summed E-state index contributed by atoms with van der Waals surface area (Å²) in [6.07, 6.45) is 2.49. The third kappa shape index (κ3) is 5.02. The number of carbonyl (C=O) groups excluding carboxylic acids is 3. The van der Waals surface area contributed by atoms with Gasteiger partial charge in [-0.2, -0.15) is 0 Å². The fourth-order valence-corrected chi connectivity index (χ4v) is 2.74. The lowest BCUT2D eigenvalue weighted by Gasteiger charge is -2.12. The Morgan fingerprint density at radius 3 is 2.57 bits per heavy atom. The first-order valence-electron chi connectivity index (χ1n) is 9.53. The summed E-state index contributed by atoms with van der Waals surface area (Å²) in [5.74, 6) is -1.22. The van der Waals surface area contributed by atoms with Gasteiger partial charge >= 0.3 is 6.03 Å². The smallest absolute Gasteiger partial charge is 0.329 e. The number of hydrogen-bond donors (Lipinski definition) is 2. The zero-order valence-electron chi connectivity index (χ0n) is 16.6. The monoisotopic (exact) mass is 411 g/mol. The number of halogens is 1. The minimum absolute atomic E-state index is 0.0231. The number of nitrogens with one attached hydrogen (secondary N) is 2. The fraction of sp³-hybridized carbons (Fsp3) is 0.227. The van der Waals surface area contributed by atoms with Gasteiger partial charge in [-0.05, 0) is 49.2 Å². The van der Waals surface area contributed by atoms with Crippen LogP contribution in [0.25, 0.3) is 6.08 Å². The van der Waals surface area contributed by atoms with Crippen molar-refractivity contribution in [1.82, 2.24) is 10.2 Å². The molecule has 0 bridgehead atoms. The van der Waals surface area contributed by atoms with Gasteiger partial charge in [0.2, 0.25) is 5.91 Å². The molecule has 2 N–H and O–H groups in total. The average Bonchev–Trinajstić information content (AvgIpc) is 2.98. The maximum absolute atomic E-state index is 13.6. The summed E-state index contributed by atoms with van der Waals surface area (Å²) in [4.78, 5) is 37.6. The Balaban J connectivity index is 1.65. The lowest BCUT2D eigenvalue weighted by atomic mass is 10.2. The van der Waals surface area contributed by atoms with Gasteiger partial charge in [0.1, 0.15) is 23.8 Å². The van der Waals surface area contributed by atoms with Crippen LogP contribution in [0.4, 0.5) is 14.9 Å². The van der Waals surface area contributed by atoms with Gasteiger partial charge in [-0.3, -0.25) is 9.59 Å². The van der Waals surface area contributed by atoms with Gasteiger partial charge in [0.25, 0.3) is 5.91 Å². The summed E-state index contributed by atoms with van der Waals surface area (Å²) in [6.45, 7) is 3.47. The van der Waals surface area contributed by atoms with E-state index in [0.29, 0.717) is 11.3 Å². The first kappa shape index (κ1) is 21.0. The topological polar surface area (TPSA) is 87.7 Å². The van der Waals surface area contributed by atoms with Crippen LogP contribution in [0.2, 0.25) is 0 Å². The molecule has 30 heavy (non-hydrogen) atoms. The van der Waals surface area contributed by atoms with Crippen molar-refractivity contribution in [3.05, 3.63) is 65.6 Å². The number of carbonyl (C=O) groups is 3. The predicted octanol–water partition coefficient (Wildman–Crippen LogP) is 3.53. The standard InChI is InChI=1S/C22H22FN3O4/c1-3-14(2)30-16-10-8-15(9-11-16)12-19-21(28)26(22(29)25-19)13-20(27)24-18-7-5-4-6-17(18)23/h4-12,14H,3,13H2,1-2H3,(H,24,27)(H,25,29)/b19-12+/t14-/m0/s1. The molecular formula is C22H22FN3O4. The highest BCUT2D eigenvalue weighted by atomic mass is 19.1. The van der Waals surface area contributed by atoms with E-state index < -0.39 is 30.2 Å². The highest BCUT2D eigenvalue weighted by molar-refractivity contribution is 6.15. The molecule has 0 aromatic heterocycles. The Labute approximate surface area is 173 Å². The predicted molar refractivity (Wildman–Crippen MR) is 110 cm³/mol. The lowest BCUT2D eigenvalue weighted by molar-refractivity contribution is -0.127. The molecule has 2 aromatic carbocycles. The molecule has 3 rings (SSSR count). The van der Waals surface area contributed by atoms with Crippen LogP contribution in [0.5, 0.6) is 5.75 Å². The van der Waals surface area contributed by atoms with Gasteiger partial charge in [-0.1, -0.05) is 31.2 Å². The zero-order valence-corrected chi connectivity index (χ0v) is 16.6. The molecule has 4 amide bonds. The number of rotatable bonds is 7. The van der Waals surface area contributed by atoms with E-state index in [4.69, 9.17) is 4.74 Å². The van der Waals surface area contributed by atoms with Crippen LogP contribution in [0.15, 0.2) is 54.2 Å². The van der Waals surface area contributed by atoms with Gasteiger partial charge in [-0.15, -0.1) is 0 Å². The molecular weight excluding hydrogens is 389 g/mol. The molecule has 1 heterocycles. The van der Waals surface area contributed by atoms with Crippen LogP contribution >= 0.6 is 0 Å². The number of amides is 4. The van der Waals surface area contributed by atoms with Gasteiger partial charge in [0.15, 0.2) is 0 Å². The molecule has 0 aliphatic carbocycles. The summed E-state index contributed by atoms with van der Waals surface area (Å²) in [5.41, 5.74) is 0.715. The number of anilines is 1. The van der Waals surface area contributed by atoms with Crippen molar-refractivity contribution in [1.29, 1.82) is 0 Å². The van der Waals surface area contributed by atoms with E-state index in [9.17, 15) is 18.8 Å². The summed E-state index contributed by atoms with van der Waals surface area (Å²) >= 11 is 0. The molecule has 0 unspecified atom stereocenters. The molecule has 0 saturated carbocycles. The maximum Gasteiger partial charge on any atom is 0.329 e. The van der Waals surface area contributed by atoms with Crippen molar-refractivity contribution < 1.29 is 23.5 Å². The van der Waals surface area contributed by atoms with Crippen molar-refractivity contribution >= 4 is 29.6 Å². The molecule has 1 saturated heterocycles. The average molecular weight is 411 g/mol. The Hall–Kier alpha value is -3.68. The SMILES string of the molecule is CC[C@H](C)Oc1ccc(/C=C2/NC(=O)N(CC(=O)Nc3ccccc3F)C2=O)cc1. The molecule has 1 aliphatic heterocycles. The van der Waals surface area contributed by atoms with Gasteiger partial charge < -0.3 is 15.4 Å². The number of nitrogens with zero attached hydrogens (tertiary/aromatic N) is 1. The minimum Gasteiger partial charge on any atom is -0.491 e. The van der Waals surface area contributed by atoms with Crippen molar-refractivity contribution in [2.24, 2.45) is 0 Å². The van der Waals surface area contributed by atoms with Crippen LogP contribution in [-0.2, 0) is 9.59 Å². The van der Waals surface area contributed by atoms with Gasteiger partial charge in [-0.25, -0.2) is 14.1 Å². The minimum atomic E-state index is -0.716. The summed E-state index contributed by atoms with van der Waals surface area (Å²) in [5, 5.41) is 4.80. The Morgan fingerprint density at radius 1 is 1.20 bits per heavy atom. The molecule has 1 fully saturated rings. The fourth-order valence-electron chi connectivity index (χ4n) is 2.74. The molecule has 7 nitrogen and oxygen atoms in total. The molecule has 0 spiro atoms. The quantitative estimate of drug-likeness (QED) is 0.539. The highest BCUT2D eigenvalue weighted by Gasteiger charge is 2.35. The summed E-state index contributed by atoms with van der Waals surface area (Å²) in [6, 6.07) is 12.0. The van der Waals surface area contributed by atoms with Gasteiger partial charge in [0.05, 0.1) is 11.8 Å². The third-order valence-corrected chi connectivity index (χ3v) is 4.52. The molecule has 2 aromatic rings. The Morgan fingerprint density at radius 2 is 1.90 bits per heavy atom. The lowest BCUT2D eigenvalue weighted by Crippen LogP contribution is -2.38. The third-order valence-electron chi connectivity index (χ3n) is 4.52. The number of ether oxygens (including phenoxy) is 1. The van der Waals surface area contributed by atoms with Gasteiger partial charge in [0, 0.05) is 0 Å². The number of urea groups is 1. The normalized spacial score (nSPS) is 15.8. The van der Waals surface area contributed by atoms with Crippen molar-refractivity contribution in [3.8, 4) is 5.75 Å². The first-order valence-corrected chi connectivity index (χ1v) is 9.53. The zero-order chi connectivity index (χ0) is 21.7. The largest absolute Gasteiger partial charge is 0.491 e. The van der Waals surface area contributed by atoms with E-state index in [0.717, 1.165) is 11.3 Å². The summed E-state index contributed by atoms with van der Waals surface area (Å²) in [7, 11) is 0. The second kappa shape index (κ2) is 9.21. The Kier molecular flexibility index (Phi) is 6.46. The number of imide groups is 1. The van der Waals surface area contributed by atoms with Crippen molar-refractivity contribution in [2.45, 2.75) is 26.4 Å². The van der Waals surface area contributed by atoms with E-state index in [1.165, 1.54) is 24.3 Å². The van der Waals surface area contributed by atoms with E-state index in [1.807, 2.05) is 13.8 Å². The van der Waals surface area contributed by atoms with E-state index in [2.05, 4.69) is 10.6 Å². The molecule has 156 valence electrons. The van der Waals surface area contributed by atoms with Crippen LogP contribution in [0.3, 0.4) is 0 Å². The second-order valence-electron chi connectivity index (χ2n) is 6.81. The molecule has 1 atom stereocenters. The molecule has 1 aliphatic rings. The number of benzene rings is 2. The maximum atomic E-state index is 13.6. The van der Waals surface area contributed by atoms with E-state index in [1.54, 1.807) is 30.3 Å². The van der Waals surface area contributed by atoms with Crippen LogP contribution in [0, 0.1) is 5.82 Å². The molecule has 8 heteroatoms. The first-order chi connectivity index (χ1) is 14.4. The number of hydrogen-bond acceptors (Lipinski definition) is 4. The van der Waals surface area contributed by atoms with Crippen molar-refractivity contribution in [2.75, 3.05) is 11.9 Å². The van der Waals surface area contributed by atoms with Crippen LogP contribution in [-0.4, -0.2) is 35.4 Å². The molecule has 0 radical (unpaired) electrons. The van der Waals surface area contributed by atoms with E-state index in [-0.39, 0.29) is 17.5 Å². The number of para-hydroxylation sites is 1. The summed E-state index contributed by atoms with van der Waals surface area (Å²) < 4.78 is 19.4. The van der Waals surface area contributed by atoms with E-state index >= 15 is 0 Å².